The summed E-state index contributed by atoms with van der Waals surface area (Å²) in [5.74, 6) is -7.70. The molecule has 1 heterocycles. The molecule has 0 bridgehead atoms. The maximum Gasteiger partial charge on any atom is 0.336 e. The van der Waals surface area contributed by atoms with Gasteiger partial charge in [-0.25, -0.2) is 4.79 Å². The van der Waals surface area contributed by atoms with Gasteiger partial charge < -0.3 is 71.0 Å². The summed E-state index contributed by atoms with van der Waals surface area (Å²) in [6.45, 7) is 0.768. The topological polar surface area (TPSA) is 341 Å². The molecule has 0 aromatic heterocycles. The third-order valence-electron chi connectivity index (χ3n) is 9.25. The zero-order valence-corrected chi connectivity index (χ0v) is 27.8. The van der Waals surface area contributed by atoms with Crippen LogP contribution in [0.25, 0.3) is 0 Å². The molecular weight excluding hydrogens is 698 g/mol. The number of aliphatic hydroxyl groups is 5. The number of rotatable bonds is 10. The monoisotopic (exact) mass is 737 g/mol. The average Bonchev–Trinajstić information content (AvgIpc) is 3.06. The van der Waals surface area contributed by atoms with Gasteiger partial charge in [0, 0.05) is 42.0 Å². The summed E-state index contributed by atoms with van der Waals surface area (Å²) < 4.78 is 17.1. The third-order valence-corrected chi connectivity index (χ3v) is 9.25. The van der Waals surface area contributed by atoms with E-state index in [4.69, 9.17) is 40.4 Å². The average molecular weight is 738 g/mol. The van der Waals surface area contributed by atoms with Crippen LogP contribution in [-0.4, -0.2) is 136 Å². The minimum atomic E-state index is -2.74. The van der Waals surface area contributed by atoms with Crippen molar-refractivity contribution < 1.29 is 89.2 Å². The first-order valence-corrected chi connectivity index (χ1v) is 15.7. The van der Waals surface area contributed by atoms with Crippen LogP contribution in [0.5, 0.6) is 17.2 Å². The number of carbonyl (C=O) groups is 5. The smallest absolute Gasteiger partial charge is 0.336 e. The number of phenols is 2. The van der Waals surface area contributed by atoms with Crippen molar-refractivity contribution in [2.75, 3.05) is 13.7 Å². The Bertz CT molecular complexity index is 1750. The van der Waals surface area contributed by atoms with Gasteiger partial charge in [-0.1, -0.05) is 12.1 Å². The Hall–Kier alpha value is -4.73. The van der Waals surface area contributed by atoms with Gasteiger partial charge in [0.1, 0.15) is 23.4 Å². The maximum absolute atomic E-state index is 13.7. The number of methoxy groups -OCH3 is 1. The van der Waals surface area contributed by atoms with Crippen LogP contribution < -0.4 is 10.5 Å². The van der Waals surface area contributed by atoms with Gasteiger partial charge in [-0.05, 0) is 13.0 Å². The fraction of sp³-hybridized carbons (Fsp3) is 0.485. The van der Waals surface area contributed by atoms with Crippen LogP contribution in [0.15, 0.2) is 18.2 Å². The SMILES string of the molecule is COc1cccc2c1C(=O)c1c(O)c3c(c(O)c1C2=O)C[C@](O)([C@@H](O)CO)C[C@H]3OC1CC(N)C(O)C(C)O1.O=C(O)CC(O)(CC(=O)O)C(=O)O. The van der Waals surface area contributed by atoms with Gasteiger partial charge in [0.25, 0.3) is 0 Å². The lowest BCUT2D eigenvalue weighted by Gasteiger charge is -2.44. The second-order valence-corrected chi connectivity index (χ2v) is 12.8. The molecule has 19 heteroatoms. The van der Waals surface area contributed by atoms with E-state index in [9.17, 15) is 54.6 Å². The number of carbonyl (C=O) groups excluding carboxylic acids is 2. The minimum absolute atomic E-state index is 0.0343. The Morgan fingerprint density at radius 2 is 1.63 bits per heavy atom. The number of hydrogen-bond acceptors (Lipinski definition) is 16. The van der Waals surface area contributed by atoms with Crippen LogP contribution in [0.2, 0.25) is 0 Å². The van der Waals surface area contributed by atoms with Crippen molar-refractivity contribution in [2.45, 2.75) is 87.0 Å². The predicted octanol–water partition coefficient (Wildman–Crippen LogP) is -1.46. The predicted molar refractivity (Wildman–Crippen MR) is 170 cm³/mol. The molecule has 1 aliphatic heterocycles. The van der Waals surface area contributed by atoms with Crippen LogP contribution in [0.1, 0.15) is 81.7 Å². The molecule has 52 heavy (non-hydrogen) atoms. The molecule has 2 aliphatic carbocycles. The van der Waals surface area contributed by atoms with E-state index in [1.54, 1.807) is 6.92 Å². The summed E-state index contributed by atoms with van der Waals surface area (Å²) in [6.07, 6.45) is -8.74. The van der Waals surface area contributed by atoms with Crippen LogP contribution >= 0.6 is 0 Å². The van der Waals surface area contributed by atoms with Gasteiger partial charge in [0.15, 0.2) is 17.7 Å². The van der Waals surface area contributed by atoms with E-state index < -0.39 is 126 Å². The molecule has 19 nitrogen and oxygen atoms in total. The molecule has 5 rings (SSSR count). The molecule has 0 saturated carbocycles. The fourth-order valence-corrected chi connectivity index (χ4v) is 6.56. The van der Waals surface area contributed by atoms with Gasteiger partial charge in [-0.3, -0.25) is 19.2 Å². The van der Waals surface area contributed by atoms with Crippen molar-refractivity contribution >= 4 is 29.5 Å². The number of nitrogens with two attached hydrogens (primary N) is 1. The van der Waals surface area contributed by atoms with Crippen LogP contribution in [0, 0.1) is 0 Å². The van der Waals surface area contributed by atoms with Gasteiger partial charge in [0.05, 0.1) is 67.2 Å². The van der Waals surface area contributed by atoms with Crippen molar-refractivity contribution in [3.8, 4) is 17.2 Å². The van der Waals surface area contributed by atoms with Crippen LogP contribution in [-0.2, 0) is 30.3 Å². The number of carboxylic acid groups (broad SMARTS) is 3. The number of ketones is 2. The number of carboxylic acids is 3. The molecule has 3 aliphatic rings. The number of phenolic OH excluding ortho intramolecular Hbond substituents is 2. The number of hydrogen-bond donors (Lipinski definition) is 11. The number of ether oxygens (including phenoxy) is 3. The lowest BCUT2D eigenvalue weighted by molar-refractivity contribution is -0.251. The summed E-state index contributed by atoms with van der Waals surface area (Å²) in [5, 5.41) is 98.2. The van der Waals surface area contributed by atoms with Crippen molar-refractivity contribution in [3.05, 3.63) is 51.6 Å². The molecule has 0 spiro atoms. The molecule has 284 valence electrons. The van der Waals surface area contributed by atoms with E-state index in [0.29, 0.717) is 0 Å². The molecule has 12 N–H and O–H groups in total. The quantitative estimate of drug-likeness (QED) is 0.106. The Labute approximate surface area is 294 Å². The van der Waals surface area contributed by atoms with Crippen LogP contribution in [0.4, 0.5) is 0 Å². The van der Waals surface area contributed by atoms with Crippen molar-refractivity contribution in [1.82, 2.24) is 0 Å². The lowest BCUT2D eigenvalue weighted by Crippen LogP contribution is -2.53. The summed E-state index contributed by atoms with van der Waals surface area (Å²) in [4.78, 5) is 57.7. The molecular formula is C33H39NO18. The molecule has 1 saturated heterocycles. The second kappa shape index (κ2) is 15.1. The van der Waals surface area contributed by atoms with E-state index in [2.05, 4.69) is 0 Å². The van der Waals surface area contributed by atoms with E-state index in [0.717, 1.165) is 0 Å². The van der Waals surface area contributed by atoms with E-state index in [1.807, 2.05) is 0 Å². The third kappa shape index (κ3) is 7.43. The fourth-order valence-electron chi connectivity index (χ4n) is 6.56. The number of benzene rings is 2. The number of aromatic hydroxyl groups is 2. The zero-order chi connectivity index (χ0) is 39.0. The lowest BCUT2D eigenvalue weighted by atomic mass is 9.71. The number of fused-ring (bicyclic) bond motifs is 3. The Balaban J connectivity index is 0.000000398. The van der Waals surface area contributed by atoms with E-state index in [1.165, 1.54) is 25.3 Å². The highest BCUT2D eigenvalue weighted by Gasteiger charge is 2.50. The molecule has 1 fully saturated rings. The normalized spacial score (nSPS) is 25.8. The van der Waals surface area contributed by atoms with E-state index >= 15 is 0 Å². The summed E-state index contributed by atoms with van der Waals surface area (Å²) >= 11 is 0. The number of aliphatic carboxylic acids is 3. The Morgan fingerprint density at radius 1 is 1.04 bits per heavy atom. The van der Waals surface area contributed by atoms with Crippen molar-refractivity contribution in [1.29, 1.82) is 0 Å². The summed E-state index contributed by atoms with van der Waals surface area (Å²) in [7, 11) is 1.33. The number of aliphatic hydroxyl groups excluding tert-OH is 3. The highest BCUT2D eigenvalue weighted by Crippen LogP contribution is 2.53. The summed E-state index contributed by atoms with van der Waals surface area (Å²) in [5.41, 5.74) is 0.0296. The Kier molecular flexibility index (Phi) is 11.6. The molecule has 2 aromatic carbocycles. The van der Waals surface area contributed by atoms with Crippen molar-refractivity contribution in [2.24, 2.45) is 5.73 Å². The first-order chi connectivity index (χ1) is 24.2. The standard InChI is InChI=1S/C27H31NO11.C6H8O7/c1-10-22(31)13(28)6-17(38-10)39-15-8-27(36,16(30)9-29)7-12-19(15)26(35)21-20(24(12)33)23(32)11-4-3-5-14(37-2)18(11)25(21)34;7-3(8)1-6(13,5(11)12)2-4(9)10/h3-5,10,13,15-17,22,29-31,33,35-36H,6-9,28H2,1-2H3;13H,1-2H2,(H,7,8)(H,9,10)(H,11,12)/t10?,13?,15-,16+,17?,22?,27-;/m1./s1. The molecule has 7 atom stereocenters. The van der Waals surface area contributed by atoms with Gasteiger partial charge in [-0.15, -0.1) is 0 Å². The highest BCUT2D eigenvalue weighted by molar-refractivity contribution is 6.31. The van der Waals surface area contributed by atoms with Crippen LogP contribution in [0.3, 0.4) is 0 Å². The second-order valence-electron chi connectivity index (χ2n) is 12.8. The highest BCUT2D eigenvalue weighted by atomic mass is 16.7. The molecule has 0 radical (unpaired) electrons. The van der Waals surface area contributed by atoms with Gasteiger partial charge >= 0.3 is 17.9 Å². The van der Waals surface area contributed by atoms with E-state index in [-0.39, 0.29) is 40.8 Å². The Morgan fingerprint density at radius 3 is 2.15 bits per heavy atom. The maximum atomic E-state index is 13.7. The van der Waals surface area contributed by atoms with Gasteiger partial charge in [-0.2, -0.15) is 0 Å². The zero-order valence-electron chi connectivity index (χ0n) is 27.8. The molecule has 4 unspecified atom stereocenters. The molecule has 0 amide bonds. The first-order valence-electron chi connectivity index (χ1n) is 15.7. The summed E-state index contributed by atoms with van der Waals surface area (Å²) in [6, 6.07) is 3.69. The largest absolute Gasteiger partial charge is 0.507 e. The molecule has 2 aromatic rings. The first kappa shape index (κ1) is 40.0. The van der Waals surface area contributed by atoms with Crippen molar-refractivity contribution in [3.63, 3.8) is 0 Å². The minimum Gasteiger partial charge on any atom is -0.507 e. The van der Waals surface area contributed by atoms with Gasteiger partial charge in [0.2, 0.25) is 5.78 Å².